The SMILES string of the molecule is CO[C@@H]1O[C@H](COCc2ccccc2)[C@H](O[C@H]2O[C@@H]([C@H]3COC(C)(C)O3)[C@H](OCc3ccccc3)[C@H]2O[C@H]2O[C@@H]([C@H](O)CO)[C@H](OCc3ccccc3)[C@H]2O)[C@H](OCc2ccccc2)[C@H]1OCc1ccccc1. The third-order valence-electron chi connectivity index (χ3n) is 13.3. The van der Waals surface area contributed by atoms with E-state index in [-0.39, 0.29) is 46.2 Å². The fourth-order valence-corrected chi connectivity index (χ4v) is 9.63. The van der Waals surface area contributed by atoms with Crippen molar-refractivity contribution in [3.8, 4) is 0 Å². The van der Waals surface area contributed by atoms with Crippen molar-refractivity contribution in [2.45, 2.75) is 145 Å². The van der Waals surface area contributed by atoms with Gasteiger partial charge in [0.2, 0.25) is 0 Å². The van der Waals surface area contributed by atoms with Gasteiger partial charge in [-0.05, 0) is 41.7 Å². The lowest BCUT2D eigenvalue weighted by Gasteiger charge is -2.46. The summed E-state index contributed by atoms with van der Waals surface area (Å²) in [6, 6.07) is 48.4. The first kappa shape index (κ1) is 53.3. The van der Waals surface area contributed by atoms with Crippen LogP contribution in [-0.4, -0.2) is 140 Å². The maximum Gasteiger partial charge on any atom is 0.187 e. The maximum absolute atomic E-state index is 12.1. The molecule has 392 valence electrons. The molecule has 16 heteroatoms. The molecule has 0 spiro atoms. The van der Waals surface area contributed by atoms with Crippen molar-refractivity contribution in [1.29, 1.82) is 0 Å². The number of aliphatic hydroxyl groups excluding tert-OH is 3. The summed E-state index contributed by atoms with van der Waals surface area (Å²) in [4.78, 5) is 0. The minimum atomic E-state index is -1.47. The van der Waals surface area contributed by atoms with Crippen molar-refractivity contribution < 1.29 is 76.9 Å². The fourth-order valence-electron chi connectivity index (χ4n) is 9.63. The standard InChI is InChI=1S/C57H68O16/c1-57(2)67-36-44(73-57)48-51(65-33-40-25-15-7-16-26-40)53(72-54-45(60)49(46(69-54)42(59)29-58)63-31-38-21-11-5-12-22-38)56(71-48)70-47-43(35-62-30-37-19-9-4-10-20-37)68-55(61-3)52(66-34-41-27-17-8-18-28-41)50(47)64-32-39-23-13-6-14-24-39/h4-28,42-56,58-60H,29-36H2,1-3H3/t42-,43-,44-,45-,46+,47+,48+,49-,50+,51+,52-,53-,54-,55-,56+/m1/s1. The van der Waals surface area contributed by atoms with Crippen LogP contribution in [0.1, 0.15) is 41.7 Å². The van der Waals surface area contributed by atoms with E-state index in [0.29, 0.717) is 0 Å². The average molecular weight is 1010 g/mol. The van der Waals surface area contributed by atoms with E-state index in [1.165, 1.54) is 0 Å². The third-order valence-corrected chi connectivity index (χ3v) is 13.3. The zero-order valence-corrected chi connectivity index (χ0v) is 41.4. The first-order valence-electron chi connectivity index (χ1n) is 25.0. The lowest BCUT2D eigenvalue weighted by Crippen LogP contribution is -2.63. The summed E-state index contributed by atoms with van der Waals surface area (Å²) in [5, 5.41) is 33.4. The van der Waals surface area contributed by atoms with E-state index in [0.717, 1.165) is 27.8 Å². The smallest absolute Gasteiger partial charge is 0.187 e. The molecule has 5 aromatic carbocycles. The number of hydrogen-bond donors (Lipinski definition) is 3. The van der Waals surface area contributed by atoms with Crippen molar-refractivity contribution >= 4 is 0 Å². The van der Waals surface area contributed by atoms with Crippen LogP contribution in [0.3, 0.4) is 0 Å². The Morgan fingerprint density at radius 1 is 0.534 bits per heavy atom. The number of rotatable bonds is 24. The summed E-state index contributed by atoms with van der Waals surface area (Å²) in [6.45, 7) is 4.03. The molecular formula is C57H68O16. The molecule has 0 saturated carbocycles. The minimum absolute atomic E-state index is 0.0327. The number of ether oxygens (including phenoxy) is 13. The van der Waals surface area contributed by atoms with Gasteiger partial charge in [-0.25, -0.2) is 0 Å². The molecule has 15 atom stereocenters. The zero-order chi connectivity index (χ0) is 50.6. The fraction of sp³-hybridized carbons (Fsp3) is 0.474. The summed E-state index contributed by atoms with van der Waals surface area (Å²) >= 11 is 0. The van der Waals surface area contributed by atoms with E-state index in [4.69, 9.17) is 61.6 Å². The van der Waals surface area contributed by atoms with Crippen LogP contribution in [0.5, 0.6) is 0 Å². The highest BCUT2D eigenvalue weighted by Crippen LogP contribution is 2.41. The van der Waals surface area contributed by atoms with E-state index in [1.54, 1.807) is 7.11 Å². The molecule has 0 unspecified atom stereocenters. The number of aliphatic hydroxyl groups is 3. The highest BCUT2D eigenvalue weighted by molar-refractivity contribution is 5.17. The molecular weight excluding hydrogens is 941 g/mol. The van der Waals surface area contributed by atoms with Gasteiger partial charge in [-0.3, -0.25) is 0 Å². The molecule has 0 amide bonds. The second-order valence-corrected chi connectivity index (χ2v) is 19.1. The van der Waals surface area contributed by atoms with Crippen LogP contribution >= 0.6 is 0 Å². The molecule has 0 aromatic heterocycles. The molecule has 0 aliphatic carbocycles. The van der Waals surface area contributed by atoms with Gasteiger partial charge in [0.25, 0.3) is 0 Å². The summed E-state index contributed by atoms with van der Waals surface area (Å²) in [7, 11) is 1.56. The Morgan fingerprint density at radius 2 is 1.00 bits per heavy atom. The van der Waals surface area contributed by atoms with Gasteiger partial charge >= 0.3 is 0 Å². The lowest BCUT2D eigenvalue weighted by atomic mass is 9.97. The van der Waals surface area contributed by atoms with Crippen LogP contribution in [0.2, 0.25) is 0 Å². The second kappa shape index (κ2) is 25.8. The van der Waals surface area contributed by atoms with Gasteiger partial charge in [-0.1, -0.05) is 152 Å². The average Bonchev–Trinajstić information content (AvgIpc) is 4.08. The molecule has 3 N–H and O–H groups in total. The highest BCUT2D eigenvalue weighted by Gasteiger charge is 2.59. The lowest BCUT2D eigenvalue weighted by molar-refractivity contribution is -0.347. The first-order valence-corrected chi connectivity index (χ1v) is 25.0. The summed E-state index contributed by atoms with van der Waals surface area (Å²) in [6.07, 6.45) is -16.2. The van der Waals surface area contributed by atoms with Gasteiger partial charge in [0.05, 0.1) is 52.9 Å². The Bertz CT molecular complexity index is 2350. The van der Waals surface area contributed by atoms with Crippen molar-refractivity contribution in [2.24, 2.45) is 0 Å². The Kier molecular flexibility index (Phi) is 18.8. The van der Waals surface area contributed by atoms with Crippen LogP contribution in [0.4, 0.5) is 0 Å². The van der Waals surface area contributed by atoms with E-state index in [9.17, 15) is 15.3 Å². The van der Waals surface area contributed by atoms with Crippen LogP contribution < -0.4 is 0 Å². The molecule has 4 heterocycles. The van der Waals surface area contributed by atoms with Gasteiger partial charge < -0.3 is 76.9 Å². The van der Waals surface area contributed by atoms with E-state index < -0.39 is 105 Å². The third kappa shape index (κ3) is 13.9. The topological polar surface area (TPSA) is 181 Å². The molecule has 4 fully saturated rings. The molecule has 4 saturated heterocycles. The largest absolute Gasteiger partial charge is 0.394 e. The summed E-state index contributed by atoms with van der Waals surface area (Å²) in [5.74, 6) is -0.956. The van der Waals surface area contributed by atoms with Crippen molar-refractivity contribution in [2.75, 3.05) is 26.9 Å². The van der Waals surface area contributed by atoms with Gasteiger partial charge in [0.1, 0.15) is 73.2 Å². The van der Waals surface area contributed by atoms with Crippen molar-refractivity contribution in [1.82, 2.24) is 0 Å². The normalized spacial score (nSPS) is 31.4. The summed E-state index contributed by atoms with van der Waals surface area (Å²) in [5.41, 5.74) is 4.49. The monoisotopic (exact) mass is 1010 g/mol. The van der Waals surface area contributed by atoms with Crippen LogP contribution in [-0.2, 0) is 94.6 Å². The molecule has 0 bridgehead atoms. The molecule has 16 nitrogen and oxygen atoms in total. The molecule has 73 heavy (non-hydrogen) atoms. The van der Waals surface area contributed by atoms with E-state index >= 15 is 0 Å². The first-order chi connectivity index (χ1) is 35.7. The Morgan fingerprint density at radius 3 is 1.48 bits per heavy atom. The van der Waals surface area contributed by atoms with Crippen LogP contribution in [0, 0.1) is 0 Å². The molecule has 0 radical (unpaired) electrons. The van der Waals surface area contributed by atoms with Gasteiger partial charge in [0, 0.05) is 7.11 Å². The predicted molar refractivity (Wildman–Crippen MR) is 263 cm³/mol. The number of benzene rings is 5. The van der Waals surface area contributed by atoms with Crippen molar-refractivity contribution in [3.05, 3.63) is 179 Å². The molecule has 4 aliphatic rings. The minimum Gasteiger partial charge on any atom is -0.394 e. The number of hydrogen-bond acceptors (Lipinski definition) is 16. The highest BCUT2D eigenvalue weighted by atomic mass is 16.8. The van der Waals surface area contributed by atoms with Gasteiger partial charge in [-0.2, -0.15) is 0 Å². The molecule has 9 rings (SSSR count). The van der Waals surface area contributed by atoms with Crippen LogP contribution in [0.25, 0.3) is 0 Å². The predicted octanol–water partition coefficient (Wildman–Crippen LogP) is 6.00. The Labute approximate surface area is 426 Å². The van der Waals surface area contributed by atoms with E-state index in [2.05, 4.69) is 0 Å². The quantitative estimate of drug-likeness (QED) is 0.0655. The number of methoxy groups -OCH3 is 1. The maximum atomic E-state index is 12.1. The van der Waals surface area contributed by atoms with Crippen LogP contribution in [0.15, 0.2) is 152 Å². The Hall–Kier alpha value is -4.54. The van der Waals surface area contributed by atoms with Crippen molar-refractivity contribution in [3.63, 3.8) is 0 Å². The molecule has 4 aliphatic heterocycles. The van der Waals surface area contributed by atoms with Gasteiger partial charge in [0.15, 0.2) is 24.7 Å². The van der Waals surface area contributed by atoms with Gasteiger partial charge in [-0.15, -0.1) is 0 Å². The zero-order valence-electron chi connectivity index (χ0n) is 41.4. The summed E-state index contributed by atoms with van der Waals surface area (Å²) < 4.78 is 86.3. The Balaban J connectivity index is 1.08. The molecule has 5 aromatic rings. The van der Waals surface area contributed by atoms with E-state index in [1.807, 2.05) is 166 Å². The second-order valence-electron chi connectivity index (χ2n) is 19.1.